The second kappa shape index (κ2) is 7.10. The van der Waals surface area contributed by atoms with E-state index in [9.17, 15) is 4.79 Å². The molecule has 2 nitrogen and oxygen atoms in total. The van der Waals surface area contributed by atoms with Crippen LogP contribution < -0.4 is 0 Å². The summed E-state index contributed by atoms with van der Waals surface area (Å²) in [5, 5.41) is 0. The van der Waals surface area contributed by atoms with Gasteiger partial charge in [-0.3, -0.25) is 0 Å². The Morgan fingerprint density at radius 1 is 0.950 bits per heavy atom. The number of carbonyl (C=O) groups is 1. The van der Waals surface area contributed by atoms with Gasteiger partial charge in [0.2, 0.25) is 0 Å². The molecule has 2 aromatic rings. The van der Waals surface area contributed by atoms with Gasteiger partial charge in [-0.1, -0.05) is 67.3 Å². The van der Waals surface area contributed by atoms with Crippen LogP contribution in [0.5, 0.6) is 0 Å². The average molecular weight is 264 g/mol. The van der Waals surface area contributed by atoms with Crippen LogP contribution >= 0.6 is 0 Å². The van der Waals surface area contributed by atoms with E-state index < -0.39 is 0 Å². The average Bonchev–Trinajstić information content (AvgIpc) is 2.52. The molecule has 2 rings (SSSR count). The highest BCUT2D eigenvalue weighted by Crippen LogP contribution is 2.10. The van der Waals surface area contributed by atoms with Crippen molar-refractivity contribution < 1.29 is 9.53 Å². The normalized spacial score (nSPS) is 10.4. The smallest absolute Gasteiger partial charge is 0.338 e. The van der Waals surface area contributed by atoms with Gasteiger partial charge >= 0.3 is 5.97 Å². The van der Waals surface area contributed by atoms with Crippen LogP contribution in [0.3, 0.4) is 0 Å². The Balaban J connectivity index is 2.03. The number of carbonyl (C=O) groups excluding carboxylic acids is 1. The van der Waals surface area contributed by atoms with Crippen LogP contribution in [-0.4, -0.2) is 12.6 Å². The Bertz CT molecular complexity index is 595. The third kappa shape index (κ3) is 3.95. The van der Waals surface area contributed by atoms with Gasteiger partial charge in [0.1, 0.15) is 6.61 Å². The van der Waals surface area contributed by atoms with Crippen molar-refractivity contribution in [3.63, 3.8) is 0 Å². The SMILES string of the molecule is C=CCOC(=O)c1ccc(/C=C/c2ccccc2)cc1. The quantitative estimate of drug-likeness (QED) is 0.459. The summed E-state index contributed by atoms with van der Waals surface area (Å²) < 4.78 is 4.97. The standard InChI is InChI=1S/C18H16O2/c1-2-14-20-18(19)17-12-10-16(11-13-17)9-8-15-6-4-3-5-7-15/h2-13H,1,14H2/b9-8+. The summed E-state index contributed by atoms with van der Waals surface area (Å²) in [4.78, 5) is 11.6. The molecule has 0 aliphatic carbocycles. The van der Waals surface area contributed by atoms with Crippen molar-refractivity contribution in [2.75, 3.05) is 6.61 Å². The van der Waals surface area contributed by atoms with Gasteiger partial charge in [-0.25, -0.2) is 4.79 Å². The predicted octanol–water partition coefficient (Wildman–Crippen LogP) is 4.20. The van der Waals surface area contributed by atoms with Crippen LogP contribution in [0.4, 0.5) is 0 Å². The number of hydrogen-bond acceptors (Lipinski definition) is 2. The Kier molecular flexibility index (Phi) is 4.90. The van der Waals surface area contributed by atoms with E-state index in [2.05, 4.69) is 6.58 Å². The molecule has 0 aliphatic heterocycles. The summed E-state index contributed by atoms with van der Waals surface area (Å²) in [6, 6.07) is 17.4. The van der Waals surface area contributed by atoms with Crippen LogP contribution in [0.2, 0.25) is 0 Å². The summed E-state index contributed by atoms with van der Waals surface area (Å²) in [5.74, 6) is -0.330. The molecule has 0 saturated carbocycles. The monoisotopic (exact) mass is 264 g/mol. The number of esters is 1. The molecule has 0 saturated heterocycles. The predicted molar refractivity (Wildman–Crippen MR) is 82.3 cm³/mol. The van der Waals surface area contributed by atoms with Crippen LogP contribution in [-0.2, 0) is 4.74 Å². The van der Waals surface area contributed by atoms with E-state index in [1.807, 2.05) is 54.6 Å². The minimum atomic E-state index is -0.330. The lowest BCUT2D eigenvalue weighted by Gasteiger charge is -2.02. The third-order valence-corrected chi connectivity index (χ3v) is 2.75. The van der Waals surface area contributed by atoms with Gasteiger partial charge in [0.05, 0.1) is 5.56 Å². The molecule has 0 N–H and O–H groups in total. The van der Waals surface area contributed by atoms with Gasteiger partial charge < -0.3 is 4.74 Å². The molecule has 0 aliphatic rings. The fourth-order valence-electron chi connectivity index (χ4n) is 1.70. The second-order valence-electron chi connectivity index (χ2n) is 4.25. The highest BCUT2D eigenvalue weighted by molar-refractivity contribution is 5.89. The van der Waals surface area contributed by atoms with E-state index in [-0.39, 0.29) is 12.6 Å². The largest absolute Gasteiger partial charge is 0.458 e. The molecule has 2 aromatic carbocycles. The van der Waals surface area contributed by atoms with Gasteiger partial charge in [-0.15, -0.1) is 0 Å². The lowest BCUT2D eigenvalue weighted by atomic mass is 10.1. The van der Waals surface area contributed by atoms with E-state index in [1.165, 1.54) is 0 Å². The number of ether oxygens (including phenoxy) is 1. The zero-order valence-electron chi connectivity index (χ0n) is 11.2. The van der Waals surface area contributed by atoms with Crippen molar-refractivity contribution >= 4 is 18.1 Å². The highest BCUT2D eigenvalue weighted by atomic mass is 16.5. The van der Waals surface area contributed by atoms with E-state index in [1.54, 1.807) is 18.2 Å². The molecule has 0 unspecified atom stereocenters. The first kappa shape index (κ1) is 13.8. The van der Waals surface area contributed by atoms with Crippen LogP contribution in [0, 0.1) is 0 Å². The maximum absolute atomic E-state index is 11.6. The van der Waals surface area contributed by atoms with E-state index in [0.717, 1.165) is 11.1 Å². The van der Waals surface area contributed by atoms with Crippen molar-refractivity contribution in [3.05, 3.63) is 83.9 Å². The molecule has 100 valence electrons. The lowest BCUT2D eigenvalue weighted by molar-refractivity contribution is 0.0550. The van der Waals surface area contributed by atoms with Crippen molar-refractivity contribution in [2.45, 2.75) is 0 Å². The van der Waals surface area contributed by atoms with Crippen molar-refractivity contribution in [1.82, 2.24) is 0 Å². The van der Waals surface area contributed by atoms with Gasteiger partial charge in [-0.2, -0.15) is 0 Å². The zero-order valence-corrected chi connectivity index (χ0v) is 11.2. The summed E-state index contributed by atoms with van der Waals surface area (Å²) in [5.41, 5.74) is 2.72. The highest BCUT2D eigenvalue weighted by Gasteiger charge is 2.04. The number of rotatable bonds is 5. The second-order valence-corrected chi connectivity index (χ2v) is 4.25. The van der Waals surface area contributed by atoms with Crippen LogP contribution in [0.15, 0.2) is 67.3 Å². The Morgan fingerprint density at radius 2 is 1.55 bits per heavy atom. The first-order chi connectivity index (χ1) is 9.79. The van der Waals surface area contributed by atoms with Crippen LogP contribution in [0.25, 0.3) is 12.2 Å². The molecule has 0 aromatic heterocycles. The van der Waals surface area contributed by atoms with Crippen LogP contribution in [0.1, 0.15) is 21.5 Å². The van der Waals surface area contributed by atoms with E-state index in [4.69, 9.17) is 4.74 Å². The molecular weight excluding hydrogens is 248 g/mol. The molecular formula is C18H16O2. The van der Waals surface area contributed by atoms with Gasteiger partial charge in [0.15, 0.2) is 0 Å². The summed E-state index contributed by atoms with van der Waals surface area (Å²) in [6.07, 6.45) is 5.59. The molecule has 0 atom stereocenters. The maximum atomic E-state index is 11.6. The van der Waals surface area contributed by atoms with Gasteiger partial charge in [0.25, 0.3) is 0 Å². The van der Waals surface area contributed by atoms with Gasteiger partial charge in [-0.05, 0) is 23.3 Å². The molecule has 0 bridgehead atoms. The minimum Gasteiger partial charge on any atom is -0.458 e. The summed E-state index contributed by atoms with van der Waals surface area (Å²) >= 11 is 0. The van der Waals surface area contributed by atoms with E-state index in [0.29, 0.717) is 5.56 Å². The molecule has 0 heterocycles. The van der Waals surface area contributed by atoms with Gasteiger partial charge in [0, 0.05) is 0 Å². The fraction of sp³-hybridized carbons (Fsp3) is 0.0556. The van der Waals surface area contributed by atoms with Crippen molar-refractivity contribution in [1.29, 1.82) is 0 Å². The molecule has 0 fully saturated rings. The fourth-order valence-corrected chi connectivity index (χ4v) is 1.70. The third-order valence-electron chi connectivity index (χ3n) is 2.75. The zero-order chi connectivity index (χ0) is 14.2. The van der Waals surface area contributed by atoms with E-state index >= 15 is 0 Å². The summed E-state index contributed by atoms with van der Waals surface area (Å²) in [6.45, 7) is 3.74. The van der Waals surface area contributed by atoms with Crippen molar-refractivity contribution in [2.24, 2.45) is 0 Å². The Morgan fingerprint density at radius 3 is 2.15 bits per heavy atom. The first-order valence-corrected chi connectivity index (χ1v) is 6.41. The molecule has 0 spiro atoms. The lowest BCUT2D eigenvalue weighted by Crippen LogP contribution is -2.04. The molecule has 2 heteroatoms. The molecule has 20 heavy (non-hydrogen) atoms. The minimum absolute atomic E-state index is 0.231. The first-order valence-electron chi connectivity index (χ1n) is 6.41. The number of benzene rings is 2. The number of hydrogen-bond donors (Lipinski definition) is 0. The van der Waals surface area contributed by atoms with Crippen molar-refractivity contribution in [3.8, 4) is 0 Å². The Labute approximate surface area is 119 Å². The molecule has 0 amide bonds. The summed E-state index contributed by atoms with van der Waals surface area (Å²) in [7, 11) is 0. The molecule has 0 radical (unpaired) electrons. The maximum Gasteiger partial charge on any atom is 0.338 e. The Hall–Kier alpha value is -2.61. The topological polar surface area (TPSA) is 26.3 Å².